The van der Waals surface area contributed by atoms with Crippen molar-refractivity contribution in [2.45, 2.75) is 32.7 Å². The van der Waals surface area contributed by atoms with E-state index in [9.17, 15) is 4.39 Å². The molecule has 0 spiro atoms. The van der Waals surface area contributed by atoms with Crippen molar-refractivity contribution in [2.24, 2.45) is 0 Å². The molecule has 96 valence electrons. The fourth-order valence-corrected chi connectivity index (χ4v) is 1.60. The third kappa shape index (κ3) is 5.68. The monoisotopic (exact) mass is 238 g/mol. The molecule has 0 heterocycles. The molecule has 17 heavy (non-hydrogen) atoms. The van der Waals surface area contributed by atoms with Gasteiger partial charge in [0.25, 0.3) is 0 Å². The highest BCUT2D eigenvalue weighted by atomic mass is 19.1. The summed E-state index contributed by atoms with van der Waals surface area (Å²) in [7, 11) is 2.03. The zero-order valence-corrected chi connectivity index (χ0v) is 11.3. The summed E-state index contributed by atoms with van der Waals surface area (Å²) in [5.74, 6) is -0.184. The van der Waals surface area contributed by atoms with E-state index >= 15 is 0 Å². The normalized spacial score (nSPS) is 11.6. The zero-order chi connectivity index (χ0) is 12.9. The van der Waals surface area contributed by atoms with E-state index in [-0.39, 0.29) is 11.4 Å². The van der Waals surface area contributed by atoms with Gasteiger partial charge in [-0.1, -0.05) is 0 Å². The summed E-state index contributed by atoms with van der Waals surface area (Å²) in [6.45, 7) is 8.45. The summed E-state index contributed by atoms with van der Waals surface area (Å²) >= 11 is 0. The Hall–Kier alpha value is -1.09. The van der Waals surface area contributed by atoms with Crippen molar-refractivity contribution in [1.82, 2.24) is 5.32 Å². The maximum absolute atomic E-state index is 12.8. The number of nitrogens with zero attached hydrogens (tertiary/aromatic N) is 1. The maximum Gasteiger partial charge on any atom is 0.123 e. The Balaban J connectivity index is 2.30. The van der Waals surface area contributed by atoms with Crippen LogP contribution in [0.15, 0.2) is 24.3 Å². The minimum atomic E-state index is -0.184. The lowest BCUT2D eigenvalue weighted by Crippen LogP contribution is -2.37. The molecule has 1 aromatic rings. The second-order valence-electron chi connectivity index (χ2n) is 5.43. The SMILES string of the molecule is CN(CCCNC(C)(C)C)c1ccc(F)cc1. The van der Waals surface area contributed by atoms with Gasteiger partial charge in [-0.15, -0.1) is 0 Å². The quantitative estimate of drug-likeness (QED) is 0.793. The predicted molar refractivity (Wildman–Crippen MR) is 72.0 cm³/mol. The van der Waals surface area contributed by atoms with Crippen LogP contribution in [0.4, 0.5) is 10.1 Å². The fraction of sp³-hybridized carbons (Fsp3) is 0.571. The van der Waals surface area contributed by atoms with Crippen molar-refractivity contribution in [1.29, 1.82) is 0 Å². The summed E-state index contributed by atoms with van der Waals surface area (Å²) in [6.07, 6.45) is 1.07. The molecular weight excluding hydrogens is 215 g/mol. The Morgan fingerprint density at radius 3 is 2.29 bits per heavy atom. The van der Waals surface area contributed by atoms with Gasteiger partial charge in [0.05, 0.1) is 0 Å². The first kappa shape index (κ1) is 14.0. The van der Waals surface area contributed by atoms with Gasteiger partial charge in [-0.3, -0.25) is 0 Å². The van der Waals surface area contributed by atoms with Gasteiger partial charge in [-0.05, 0) is 58.0 Å². The van der Waals surface area contributed by atoms with E-state index in [1.807, 2.05) is 19.2 Å². The van der Waals surface area contributed by atoms with Crippen LogP contribution in [0.1, 0.15) is 27.2 Å². The summed E-state index contributed by atoms with van der Waals surface area (Å²) < 4.78 is 12.8. The van der Waals surface area contributed by atoms with Gasteiger partial charge >= 0.3 is 0 Å². The second kappa shape index (κ2) is 6.01. The van der Waals surface area contributed by atoms with Crippen LogP contribution in [-0.2, 0) is 0 Å². The van der Waals surface area contributed by atoms with Crippen LogP contribution in [0.2, 0.25) is 0 Å². The van der Waals surface area contributed by atoms with Crippen molar-refractivity contribution in [3.63, 3.8) is 0 Å². The lowest BCUT2D eigenvalue weighted by molar-refractivity contribution is 0.423. The molecule has 0 aromatic heterocycles. The first-order valence-corrected chi connectivity index (χ1v) is 6.10. The van der Waals surface area contributed by atoms with E-state index in [4.69, 9.17) is 0 Å². The molecule has 0 unspecified atom stereocenters. The van der Waals surface area contributed by atoms with Gasteiger partial charge in [0.15, 0.2) is 0 Å². The minimum absolute atomic E-state index is 0.175. The molecule has 0 atom stereocenters. The van der Waals surface area contributed by atoms with E-state index in [0.717, 1.165) is 25.2 Å². The van der Waals surface area contributed by atoms with E-state index < -0.39 is 0 Å². The van der Waals surface area contributed by atoms with Gasteiger partial charge in [-0.2, -0.15) is 0 Å². The van der Waals surface area contributed by atoms with Gasteiger partial charge < -0.3 is 10.2 Å². The van der Waals surface area contributed by atoms with Gasteiger partial charge in [0, 0.05) is 24.8 Å². The molecule has 1 rings (SSSR count). The highest BCUT2D eigenvalue weighted by Crippen LogP contribution is 2.13. The molecule has 0 aliphatic heterocycles. The third-order valence-corrected chi connectivity index (χ3v) is 2.59. The predicted octanol–water partition coefficient (Wildman–Crippen LogP) is 3.04. The molecule has 0 radical (unpaired) electrons. The summed E-state index contributed by atoms with van der Waals surface area (Å²) in [5.41, 5.74) is 1.23. The molecule has 0 aliphatic carbocycles. The van der Waals surface area contributed by atoms with E-state index in [1.54, 1.807) is 0 Å². The highest BCUT2D eigenvalue weighted by molar-refractivity contribution is 5.45. The van der Waals surface area contributed by atoms with Crippen LogP contribution in [0, 0.1) is 5.82 Å². The Bertz CT molecular complexity index is 327. The number of rotatable bonds is 5. The molecule has 0 saturated heterocycles. The summed E-state index contributed by atoms with van der Waals surface area (Å²) in [5, 5.41) is 3.45. The highest BCUT2D eigenvalue weighted by Gasteiger charge is 2.07. The fourth-order valence-electron chi connectivity index (χ4n) is 1.60. The molecule has 2 nitrogen and oxygen atoms in total. The lowest BCUT2D eigenvalue weighted by Gasteiger charge is -2.23. The molecule has 0 aliphatic rings. The van der Waals surface area contributed by atoms with Crippen LogP contribution in [-0.4, -0.2) is 25.7 Å². The van der Waals surface area contributed by atoms with Gasteiger partial charge in [0.1, 0.15) is 5.82 Å². The first-order valence-electron chi connectivity index (χ1n) is 6.10. The number of halogens is 1. The van der Waals surface area contributed by atoms with Crippen molar-refractivity contribution in [3.05, 3.63) is 30.1 Å². The molecule has 0 saturated carbocycles. The van der Waals surface area contributed by atoms with E-state index in [2.05, 4.69) is 31.0 Å². The molecule has 0 amide bonds. The molecule has 3 heteroatoms. The molecule has 1 aromatic carbocycles. The van der Waals surface area contributed by atoms with Crippen LogP contribution >= 0.6 is 0 Å². The number of nitrogens with one attached hydrogen (secondary N) is 1. The second-order valence-corrected chi connectivity index (χ2v) is 5.43. The third-order valence-electron chi connectivity index (χ3n) is 2.59. The molecule has 0 fully saturated rings. The smallest absolute Gasteiger partial charge is 0.123 e. The molecule has 0 bridgehead atoms. The average molecular weight is 238 g/mol. The largest absolute Gasteiger partial charge is 0.375 e. The Morgan fingerprint density at radius 1 is 1.18 bits per heavy atom. The van der Waals surface area contributed by atoms with E-state index in [0.29, 0.717) is 0 Å². The summed E-state index contributed by atoms with van der Waals surface area (Å²) in [6, 6.07) is 6.62. The van der Waals surface area contributed by atoms with Crippen molar-refractivity contribution >= 4 is 5.69 Å². The Kier molecular flexibility index (Phi) is 4.94. The first-order chi connectivity index (χ1) is 7.88. The van der Waals surface area contributed by atoms with Gasteiger partial charge in [-0.25, -0.2) is 4.39 Å². The number of anilines is 1. The Labute approximate surface area is 104 Å². The van der Waals surface area contributed by atoms with Gasteiger partial charge in [0.2, 0.25) is 0 Å². The topological polar surface area (TPSA) is 15.3 Å². The molecular formula is C14H23FN2. The van der Waals surface area contributed by atoms with Crippen LogP contribution < -0.4 is 10.2 Å². The zero-order valence-electron chi connectivity index (χ0n) is 11.3. The number of benzene rings is 1. The van der Waals surface area contributed by atoms with Crippen molar-refractivity contribution in [3.8, 4) is 0 Å². The maximum atomic E-state index is 12.8. The van der Waals surface area contributed by atoms with E-state index in [1.165, 1.54) is 12.1 Å². The molecule has 1 N–H and O–H groups in total. The minimum Gasteiger partial charge on any atom is -0.375 e. The lowest BCUT2D eigenvalue weighted by atomic mass is 10.1. The standard InChI is InChI=1S/C14H23FN2/c1-14(2,3)16-10-5-11-17(4)13-8-6-12(15)7-9-13/h6-9,16H,5,10-11H2,1-4H3. The van der Waals surface area contributed by atoms with Crippen LogP contribution in [0.3, 0.4) is 0 Å². The Morgan fingerprint density at radius 2 is 1.76 bits per heavy atom. The summed E-state index contributed by atoms with van der Waals surface area (Å²) in [4.78, 5) is 2.14. The van der Waals surface area contributed by atoms with Crippen molar-refractivity contribution < 1.29 is 4.39 Å². The number of hydrogen-bond acceptors (Lipinski definition) is 2. The average Bonchev–Trinajstić information content (AvgIpc) is 2.24. The van der Waals surface area contributed by atoms with Crippen LogP contribution in [0.25, 0.3) is 0 Å². The van der Waals surface area contributed by atoms with Crippen LogP contribution in [0.5, 0.6) is 0 Å². The van der Waals surface area contributed by atoms with Crippen molar-refractivity contribution in [2.75, 3.05) is 25.0 Å². The number of hydrogen-bond donors (Lipinski definition) is 1.